The van der Waals surface area contributed by atoms with Gasteiger partial charge in [-0.15, -0.1) is 0 Å². The van der Waals surface area contributed by atoms with Gasteiger partial charge in [-0.2, -0.15) is 4.98 Å². The van der Waals surface area contributed by atoms with Crippen LogP contribution in [0.4, 0.5) is 5.69 Å². The van der Waals surface area contributed by atoms with Gasteiger partial charge in [-0.05, 0) is 30.3 Å². The molecule has 0 radical (unpaired) electrons. The molecule has 3 rings (SSSR count). The zero-order valence-corrected chi connectivity index (χ0v) is 9.92. The maximum absolute atomic E-state index is 11.9. The Bertz CT molecular complexity index is 762. The van der Waals surface area contributed by atoms with Gasteiger partial charge >= 0.3 is 0 Å². The van der Waals surface area contributed by atoms with Crippen LogP contribution in [-0.4, -0.2) is 9.97 Å². The molecule has 0 bridgehead atoms. The molecule has 0 saturated carbocycles. The first kappa shape index (κ1) is 11.3. The number of nitrogens with two attached hydrogens (primary N) is 1. The first-order valence-electron chi connectivity index (χ1n) is 5.67. The van der Waals surface area contributed by atoms with E-state index in [1.807, 2.05) is 0 Å². The summed E-state index contributed by atoms with van der Waals surface area (Å²) < 4.78 is 10.5. The van der Waals surface area contributed by atoms with E-state index in [0.29, 0.717) is 22.4 Å². The van der Waals surface area contributed by atoms with E-state index >= 15 is 0 Å². The number of aromatic amines is 1. The average molecular weight is 257 g/mol. The highest BCUT2D eigenvalue weighted by Gasteiger charge is 2.06. The summed E-state index contributed by atoms with van der Waals surface area (Å²) in [7, 11) is 0. The third-order valence-electron chi connectivity index (χ3n) is 2.64. The van der Waals surface area contributed by atoms with E-state index in [1.54, 1.807) is 36.6 Å². The summed E-state index contributed by atoms with van der Waals surface area (Å²) in [6.45, 7) is 0.205. The van der Waals surface area contributed by atoms with E-state index in [2.05, 4.69) is 9.97 Å². The number of anilines is 1. The van der Waals surface area contributed by atoms with E-state index in [0.717, 1.165) is 0 Å². The van der Waals surface area contributed by atoms with E-state index in [1.165, 1.54) is 0 Å². The molecule has 6 nitrogen and oxygen atoms in total. The number of hydrogen-bond acceptors (Lipinski definition) is 5. The summed E-state index contributed by atoms with van der Waals surface area (Å²) in [6.07, 6.45) is 1.55. The lowest BCUT2D eigenvalue weighted by atomic mass is 10.2. The molecule has 19 heavy (non-hydrogen) atoms. The molecule has 0 fully saturated rings. The van der Waals surface area contributed by atoms with Gasteiger partial charge in [-0.3, -0.25) is 9.78 Å². The Morgan fingerprint density at radius 3 is 3.05 bits per heavy atom. The Morgan fingerprint density at radius 2 is 2.26 bits per heavy atom. The third-order valence-corrected chi connectivity index (χ3v) is 2.64. The lowest BCUT2D eigenvalue weighted by Crippen LogP contribution is -2.11. The first-order chi connectivity index (χ1) is 9.22. The van der Waals surface area contributed by atoms with Crippen LogP contribution in [0.3, 0.4) is 0 Å². The van der Waals surface area contributed by atoms with Crippen LogP contribution in [0, 0.1) is 0 Å². The molecule has 3 aromatic rings. The molecule has 0 aliphatic heterocycles. The predicted molar refractivity (Wildman–Crippen MR) is 69.8 cm³/mol. The molecule has 2 heterocycles. The summed E-state index contributed by atoms with van der Waals surface area (Å²) in [6, 6.07) is 8.64. The number of ether oxygens (including phenoxy) is 1. The van der Waals surface area contributed by atoms with Crippen molar-refractivity contribution in [2.45, 2.75) is 6.61 Å². The van der Waals surface area contributed by atoms with Gasteiger partial charge in [0, 0.05) is 5.69 Å². The number of fused-ring (bicyclic) bond motifs is 1. The van der Waals surface area contributed by atoms with Gasteiger partial charge in [0.2, 0.25) is 0 Å². The van der Waals surface area contributed by atoms with Crippen LogP contribution in [0.2, 0.25) is 0 Å². The van der Waals surface area contributed by atoms with Crippen molar-refractivity contribution in [3.63, 3.8) is 0 Å². The van der Waals surface area contributed by atoms with Crippen molar-refractivity contribution in [1.29, 1.82) is 0 Å². The van der Waals surface area contributed by atoms with E-state index < -0.39 is 0 Å². The summed E-state index contributed by atoms with van der Waals surface area (Å²) >= 11 is 0. The number of nitrogens with one attached hydrogen (secondary N) is 1. The molecular formula is C13H11N3O3. The van der Waals surface area contributed by atoms with Gasteiger partial charge in [0.15, 0.2) is 0 Å². The molecule has 0 atom stereocenters. The maximum Gasteiger partial charge on any atom is 0.297 e. The highest BCUT2D eigenvalue weighted by atomic mass is 16.5. The van der Waals surface area contributed by atoms with Crippen molar-refractivity contribution in [1.82, 2.24) is 9.97 Å². The highest BCUT2D eigenvalue weighted by Crippen LogP contribution is 2.14. The Morgan fingerprint density at radius 1 is 1.37 bits per heavy atom. The fourth-order valence-electron chi connectivity index (χ4n) is 1.74. The quantitative estimate of drug-likeness (QED) is 0.696. The second kappa shape index (κ2) is 4.49. The molecule has 0 amide bonds. The lowest BCUT2D eigenvalue weighted by molar-refractivity contribution is 0.250. The van der Waals surface area contributed by atoms with Crippen molar-refractivity contribution in [2.75, 3.05) is 5.73 Å². The van der Waals surface area contributed by atoms with E-state index in [-0.39, 0.29) is 18.2 Å². The van der Waals surface area contributed by atoms with E-state index in [4.69, 9.17) is 14.9 Å². The van der Waals surface area contributed by atoms with Gasteiger partial charge in [-0.1, -0.05) is 0 Å². The minimum atomic E-state index is -0.285. The average Bonchev–Trinajstić information content (AvgIpc) is 2.90. The smallest absolute Gasteiger partial charge is 0.297 e. The fraction of sp³-hybridized carbons (Fsp3) is 0.0769. The number of aromatic nitrogens is 2. The Hall–Kier alpha value is -2.76. The minimum absolute atomic E-state index is 0.152. The number of nitrogens with zero attached hydrogens (tertiary/aromatic N) is 1. The van der Waals surface area contributed by atoms with Crippen molar-refractivity contribution in [3.8, 4) is 6.01 Å². The van der Waals surface area contributed by atoms with Crippen LogP contribution in [0.5, 0.6) is 6.01 Å². The second-order valence-corrected chi connectivity index (χ2v) is 4.02. The number of rotatable bonds is 3. The molecule has 2 aromatic heterocycles. The summed E-state index contributed by atoms with van der Waals surface area (Å²) in [5.41, 5.74) is 6.40. The van der Waals surface area contributed by atoms with Crippen LogP contribution >= 0.6 is 0 Å². The van der Waals surface area contributed by atoms with Crippen LogP contribution in [0.1, 0.15) is 5.76 Å². The molecule has 0 spiro atoms. The number of furan rings is 1. The number of hydrogen-bond donors (Lipinski definition) is 2. The highest BCUT2D eigenvalue weighted by molar-refractivity contribution is 5.81. The SMILES string of the molecule is Nc1ccc2nc(OCc3ccco3)[nH]c(=O)c2c1. The van der Waals surface area contributed by atoms with Crippen LogP contribution in [0.25, 0.3) is 10.9 Å². The largest absolute Gasteiger partial charge is 0.466 e. The molecule has 1 aromatic carbocycles. The molecular weight excluding hydrogens is 246 g/mol. The normalized spacial score (nSPS) is 10.7. The standard InChI is InChI=1S/C13H11N3O3/c14-8-3-4-11-10(6-8)12(17)16-13(15-11)19-7-9-2-1-5-18-9/h1-6H,7,14H2,(H,15,16,17). The van der Waals surface area contributed by atoms with Crippen molar-refractivity contribution < 1.29 is 9.15 Å². The molecule has 0 aliphatic rings. The van der Waals surface area contributed by atoms with Gasteiger partial charge in [-0.25, -0.2) is 0 Å². The number of H-pyrrole nitrogens is 1. The Balaban J connectivity index is 1.93. The molecule has 96 valence electrons. The number of nitrogen functional groups attached to an aromatic ring is 1. The lowest BCUT2D eigenvalue weighted by Gasteiger charge is -2.04. The van der Waals surface area contributed by atoms with Crippen LogP contribution in [0.15, 0.2) is 45.8 Å². The molecule has 6 heteroatoms. The van der Waals surface area contributed by atoms with Crippen molar-refractivity contribution in [3.05, 3.63) is 52.7 Å². The monoisotopic (exact) mass is 257 g/mol. The van der Waals surface area contributed by atoms with Crippen LogP contribution < -0.4 is 16.0 Å². The summed E-state index contributed by atoms with van der Waals surface area (Å²) in [5.74, 6) is 0.653. The molecule has 0 aliphatic carbocycles. The zero-order valence-electron chi connectivity index (χ0n) is 9.92. The predicted octanol–water partition coefficient (Wildman–Crippen LogP) is 1.68. The minimum Gasteiger partial charge on any atom is -0.466 e. The fourth-order valence-corrected chi connectivity index (χ4v) is 1.74. The maximum atomic E-state index is 11.9. The van der Waals surface area contributed by atoms with Crippen LogP contribution in [-0.2, 0) is 6.61 Å². The summed E-state index contributed by atoms with van der Waals surface area (Å²) in [5, 5.41) is 0.436. The Labute approximate surface area is 107 Å². The summed E-state index contributed by atoms with van der Waals surface area (Å²) in [4.78, 5) is 18.6. The Kier molecular flexibility index (Phi) is 2.68. The zero-order chi connectivity index (χ0) is 13.2. The third kappa shape index (κ3) is 2.28. The van der Waals surface area contributed by atoms with Gasteiger partial charge in [0.1, 0.15) is 12.4 Å². The number of benzene rings is 1. The second-order valence-electron chi connectivity index (χ2n) is 4.02. The van der Waals surface area contributed by atoms with E-state index in [9.17, 15) is 4.79 Å². The van der Waals surface area contributed by atoms with Gasteiger partial charge < -0.3 is 14.9 Å². The topological polar surface area (TPSA) is 94.1 Å². The van der Waals surface area contributed by atoms with Gasteiger partial charge in [0.05, 0.1) is 17.2 Å². The molecule has 0 saturated heterocycles. The molecule has 3 N–H and O–H groups in total. The molecule has 0 unspecified atom stereocenters. The van der Waals surface area contributed by atoms with Crippen molar-refractivity contribution in [2.24, 2.45) is 0 Å². The van der Waals surface area contributed by atoms with Gasteiger partial charge in [0.25, 0.3) is 11.6 Å². The first-order valence-corrected chi connectivity index (χ1v) is 5.67. The van der Waals surface area contributed by atoms with Crippen molar-refractivity contribution >= 4 is 16.6 Å².